The molecule has 0 saturated carbocycles. The maximum atomic E-state index is 6.88. The van der Waals surface area contributed by atoms with E-state index in [0.29, 0.717) is 45.9 Å². The summed E-state index contributed by atoms with van der Waals surface area (Å²) < 4.78 is 27.5. The van der Waals surface area contributed by atoms with Crippen LogP contribution in [0.25, 0.3) is 89.7 Å². The van der Waals surface area contributed by atoms with Gasteiger partial charge in [0, 0.05) is 123 Å². The minimum atomic E-state index is 0. The number of hydrogen-bond acceptors (Lipinski definition) is 14. The molecular formula is C80H76CoN12O4. The van der Waals surface area contributed by atoms with Crippen LogP contribution >= 0.6 is 0 Å². The van der Waals surface area contributed by atoms with Gasteiger partial charge in [0.25, 0.3) is 0 Å². The topological polar surface area (TPSA) is 155 Å². The van der Waals surface area contributed by atoms with Gasteiger partial charge in [-0.25, -0.2) is 9.97 Å². The number of aromatic nitrogens is 8. The second-order valence-electron chi connectivity index (χ2n) is 26.6. The van der Waals surface area contributed by atoms with Gasteiger partial charge < -0.3 is 48.9 Å². The second-order valence-corrected chi connectivity index (χ2v) is 26.6. The summed E-state index contributed by atoms with van der Waals surface area (Å²) in [5.74, 6) is 4.87. The average Bonchev–Trinajstić information content (AvgIpc) is 1.61. The van der Waals surface area contributed by atoms with Crippen molar-refractivity contribution in [3.05, 3.63) is 216 Å². The summed E-state index contributed by atoms with van der Waals surface area (Å²) in [6, 6.07) is 67.5. The van der Waals surface area contributed by atoms with Gasteiger partial charge in [0.1, 0.15) is 47.4 Å². The number of nitrogens with zero attached hydrogens (tertiary/aromatic N) is 12. The summed E-state index contributed by atoms with van der Waals surface area (Å²) in [5.41, 5.74) is 10.4. The molecule has 16 nitrogen and oxygen atoms in total. The van der Waals surface area contributed by atoms with Crippen LogP contribution in [0.5, 0.6) is 23.0 Å². The average molecular weight is 1330 g/mol. The van der Waals surface area contributed by atoms with Gasteiger partial charge in [-0.05, 0) is 168 Å². The fourth-order valence-electron chi connectivity index (χ4n) is 14.7. The number of likely N-dealkylation sites (tertiary alicyclic amines) is 4. The van der Waals surface area contributed by atoms with Gasteiger partial charge in [0.05, 0.1) is 23.3 Å². The molecule has 0 aliphatic carbocycles. The number of piperidine rings is 4. The van der Waals surface area contributed by atoms with Crippen LogP contribution in [0.1, 0.15) is 73.6 Å². The van der Waals surface area contributed by atoms with Crippen LogP contribution in [0.3, 0.4) is 0 Å². The van der Waals surface area contributed by atoms with Crippen molar-refractivity contribution >= 4 is 44.1 Å². The SMILES string of the molecule is [Co+2].c1ccc(CN2CCC(Oc3ccc4c(c3)-c3nc-4nc4[n-]c(nc5nc(nc6[n-]c(n3)c3ccc(OC7CCN(Cc8ccccc8)CC7)cc63)-c3ccc(OC6CCN(Cc7ccccc7)CC6)cc3-5)c3ccc(OC5CCN(Cc6ccccc6)CC5)cc43)CC2)cc1. The fourth-order valence-corrected chi connectivity index (χ4v) is 14.7. The van der Waals surface area contributed by atoms with Gasteiger partial charge in [0.2, 0.25) is 0 Å². The molecule has 6 aliphatic heterocycles. The molecule has 0 N–H and O–H groups in total. The van der Waals surface area contributed by atoms with Crippen molar-refractivity contribution in [2.24, 2.45) is 0 Å². The number of ether oxygens (including phenoxy) is 4. The molecular weight excluding hydrogens is 1250 g/mol. The Balaban J connectivity index is 0.00000738. The van der Waals surface area contributed by atoms with E-state index in [9.17, 15) is 0 Å². The summed E-state index contributed by atoms with van der Waals surface area (Å²) in [6.45, 7) is 11.3. The molecule has 11 aromatic rings. The van der Waals surface area contributed by atoms with Gasteiger partial charge >= 0.3 is 16.8 Å². The summed E-state index contributed by atoms with van der Waals surface area (Å²) in [7, 11) is 0. The maximum absolute atomic E-state index is 6.88. The summed E-state index contributed by atoms with van der Waals surface area (Å²) in [4.78, 5) is 53.0. The quantitative estimate of drug-likeness (QED) is 0.0900. The molecule has 0 spiro atoms. The molecule has 489 valence electrons. The Labute approximate surface area is 575 Å². The van der Waals surface area contributed by atoms with Crippen molar-refractivity contribution in [1.82, 2.24) is 59.5 Å². The number of rotatable bonds is 16. The Hall–Kier alpha value is -9.33. The molecule has 17 heteroatoms. The number of fused-ring (bicyclic) bond motifs is 20. The molecule has 4 fully saturated rings. The van der Waals surface area contributed by atoms with Gasteiger partial charge in [0.15, 0.2) is 0 Å². The van der Waals surface area contributed by atoms with Crippen molar-refractivity contribution in [2.75, 3.05) is 52.4 Å². The molecule has 6 aliphatic rings. The Bertz CT molecular complexity index is 4460. The van der Waals surface area contributed by atoms with E-state index < -0.39 is 0 Å². The van der Waals surface area contributed by atoms with E-state index in [0.717, 1.165) is 197 Å². The van der Waals surface area contributed by atoms with Crippen LogP contribution in [0, 0.1) is 0 Å². The van der Waals surface area contributed by atoms with E-state index >= 15 is 0 Å². The Morgan fingerprint density at radius 2 is 0.536 bits per heavy atom. The third-order valence-corrected chi connectivity index (χ3v) is 19.9. The van der Waals surface area contributed by atoms with Crippen LogP contribution in [-0.4, -0.2) is 126 Å². The molecule has 0 atom stereocenters. The standard InChI is InChI=1S/C80H76N12O4.Co/c1-5-13-53(14-6-1)49-89-37-29-57(30-38-89)93-61-21-25-65-69(45-61)77-81-73(65)86-78-71-47-63(95-59-33-41-91(42-34-59)51-55-17-9-3-10-18-55)23-27-67(71)75(83-78)88-80-72-48-64(96-60-35-43-92(44-36-60)52-56-19-11-4-12-20-56)24-28-68(72)76(84-80)87-79-70-46-62(22-26-66(70)74(82-79)85-77)94-58-31-39-90(40-32-58)50-54-15-7-2-8-16-54;/h1-28,45-48,57-60H,29-44,49-52H2;/q-2;+2. The van der Waals surface area contributed by atoms with Crippen molar-refractivity contribution < 1.29 is 35.7 Å². The first-order chi connectivity index (χ1) is 47.4. The first kappa shape index (κ1) is 62.5. The van der Waals surface area contributed by atoms with Crippen molar-refractivity contribution in [3.8, 4) is 68.5 Å². The predicted molar refractivity (Wildman–Crippen MR) is 375 cm³/mol. The van der Waals surface area contributed by atoms with E-state index in [2.05, 4.69) is 189 Å². The second kappa shape index (κ2) is 28.0. The number of benzene rings is 8. The molecule has 17 rings (SSSR count). The third kappa shape index (κ3) is 14.0. The predicted octanol–water partition coefficient (Wildman–Crippen LogP) is 14.3. The zero-order chi connectivity index (χ0) is 63.7. The smallest absolute Gasteiger partial charge is 0.490 e. The Morgan fingerprint density at radius 1 is 0.278 bits per heavy atom. The summed E-state index contributed by atoms with van der Waals surface area (Å²) >= 11 is 0. The largest absolute Gasteiger partial charge is 2.00 e. The molecule has 0 amide bonds. The van der Waals surface area contributed by atoms with Crippen LogP contribution in [0.2, 0.25) is 0 Å². The van der Waals surface area contributed by atoms with Crippen molar-refractivity contribution in [2.45, 2.75) is 102 Å². The zero-order valence-electron chi connectivity index (χ0n) is 54.3. The van der Waals surface area contributed by atoms with E-state index in [1.165, 1.54) is 22.3 Å². The van der Waals surface area contributed by atoms with Crippen LogP contribution in [-0.2, 0) is 43.0 Å². The van der Waals surface area contributed by atoms with Crippen molar-refractivity contribution in [3.63, 3.8) is 0 Å². The molecule has 3 aromatic heterocycles. The summed E-state index contributed by atoms with van der Waals surface area (Å²) in [6.07, 6.45) is 7.52. The van der Waals surface area contributed by atoms with E-state index in [1.54, 1.807) is 0 Å². The van der Waals surface area contributed by atoms with Crippen LogP contribution in [0.15, 0.2) is 194 Å². The zero-order valence-corrected chi connectivity index (χ0v) is 55.3. The van der Waals surface area contributed by atoms with E-state index in [-0.39, 0.29) is 41.2 Å². The van der Waals surface area contributed by atoms with Crippen LogP contribution in [0.4, 0.5) is 0 Å². The van der Waals surface area contributed by atoms with Gasteiger partial charge in [-0.1, -0.05) is 121 Å². The minimum absolute atomic E-state index is 0. The monoisotopic (exact) mass is 1330 g/mol. The molecule has 97 heavy (non-hydrogen) atoms. The molecule has 0 unspecified atom stereocenters. The van der Waals surface area contributed by atoms with E-state index in [4.69, 9.17) is 58.8 Å². The molecule has 8 aromatic carbocycles. The van der Waals surface area contributed by atoms with Gasteiger partial charge in [-0.2, -0.15) is 0 Å². The molecule has 8 bridgehead atoms. The number of hydrogen-bond donors (Lipinski definition) is 0. The van der Waals surface area contributed by atoms with Gasteiger partial charge in [-0.3, -0.25) is 19.6 Å². The molecule has 1 radical (unpaired) electrons. The minimum Gasteiger partial charge on any atom is -0.490 e. The van der Waals surface area contributed by atoms with E-state index in [1.807, 2.05) is 24.3 Å². The maximum Gasteiger partial charge on any atom is 2.00 e. The first-order valence-corrected chi connectivity index (χ1v) is 34.4. The Kier molecular flexibility index (Phi) is 18.0. The van der Waals surface area contributed by atoms with Crippen LogP contribution < -0.4 is 28.9 Å². The normalized spacial score (nSPS) is 17.0. The third-order valence-electron chi connectivity index (χ3n) is 19.9. The first-order valence-electron chi connectivity index (χ1n) is 34.4. The fraction of sp³-hybridized carbons (Fsp3) is 0.300. The molecule has 4 saturated heterocycles. The van der Waals surface area contributed by atoms with Crippen molar-refractivity contribution in [1.29, 1.82) is 0 Å². The Morgan fingerprint density at radius 3 is 0.835 bits per heavy atom. The van der Waals surface area contributed by atoms with Gasteiger partial charge in [-0.15, -0.1) is 0 Å². The molecule has 9 heterocycles. The summed E-state index contributed by atoms with van der Waals surface area (Å²) in [5, 5.41) is 3.19.